The Kier molecular flexibility index (Phi) is 3.35. The first-order valence-electron chi connectivity index (χ1n) is 3.71. The number of halogens is 3. The molecule has 1 heterocycles. The lowest BCUT2D eigenvalue weighted by Gasteiger charge is -2.08. The van der Waals surface area contributed by atoms with Crippen LogP contribution in [0.25, 0.3) is 0 Å². The van der Waals surface area contributed by atoms with Gasteiger partial charge in [-0.25, -0.2) is 4.79 Å². The third-order valence-electron chi connectivity index (χ3n) is 1.73. The molecule has 0 aromatic carbocycles. The maximum Gasteiger partial charge on any atom is 0.354 e. The number of alkyl halides is 3. The normalized spacial score (nSPS) is 11.5. The quantitative estimate of drug-likeness (QED) is 0.620. The molecule has 0 atom stereocenters. The Morgan fingerprint density at radius 3 is 2.43 bits per heavy atom. The van der Waals surface area contributed by atoms with Crippen LogP contribution < -0.4 is 0 Å². The Labute approximate surface area is 96.3 Å². The molecule has 0 aliphatic heterocycles. The summed E-state index contributed by atoms with van der Waals surface area (Å²) >= 11 is 17.1. The van der Waals surface area contributed by atoms with Crippen LogP contribution in [-0.2, 0) is 8.53 Å². The third kappa shape index (κ3) is 2.35. The van der Waals surface area contributed by atoms with Crippen LogP contribution in [0.3, 0.4) is 0 Å². The molecule has 1 aromatic heterocycles. The topological polar surface area (TPSA) is 42.1 Å². The highest BCUT2D eigenvalue weighted by Crippen LogP contribution is 2.40. The minimum Gasteiger partial charge on any atom is -0.464 e. The molecule has 78 valence electrons. The van der Waals surface area contributed by atoms with E-state index >= 15 is 0 Å². The number of aromatic nitrogens is 1. The molecule has 0 radical (unpaired) electrons. The second kappa shape index (κ2) is 4.01. The molecule has 0 saturated heterocycles. The maximum absolute atomic E-state index is 11.1. The van der Waals surface area contributed by atoms with Crippen LogP contribution in [-0.4, -0.2) is 18.1 Å². The molecule has 3 nitrogen and oxygen atoms in total. The molecular weight excluding hydrogens is 248 g/mol. The van der Waals surface area contributed by atoms with E-state index in [2.05, 4.69) is 9.72 Å². The third-order valence-corrected chi connectivity index (χ3v) is 2.34. The smallest absolute Gasteiger partial charge is 0.354 e. The largest absolute Gasteiger partial charge is 0.464 e. The highest BCUT2D eigenvalue weighted by molar-refractivity contribution is 6.66. The van der Waals surface area contributed by atoms with E-state index in [4.69, 9.17) is 34.8 Å². The first-order chi connectivity index (χ1) is 6.36. The number of nitrogens with one attached hydrogen (secondary N) is 1. The molecule has 0 aliphatic rings. The number of aryl methyl sites for hydroxylation is 1. The zero-order valence-electron chi connectivity index (χ0n) is 7.53. The highest BCUT2D eigenvalue weighted by atomic mass is 35.6. The molecule has 0 aliphatic carbocycles. The molecule has 0 bridgehead atoms. The summed E-state index contributed by atoms with van der Waals surface area (Å²) in [5.74, 6) is -0.492. The molecule has 0 unspecified atom stereocenters. The molecule has 6 heteroatoms. The summed E-state index contributed by atoms with van der Waals surface area (Å²) in [4.78, 5) is 13.9. The number of rotatable bonds is 1. The molecular formula is C8H8Cl3NO2. The number of carbonyl (C=O) groups is 1. The summed E-state index contributed by atoms with van der Waals surface area (Å²) in [7, 11) is 1.29. The Morgan fingerprint density at radius 2 is 2.07 bits per heavy atom. The molecule has 0 amide bonds. The van der Waals surface area contributed by atoms with Gasteiger partial charge in [-0.1, -0.05) is 34.8 Å². The van der Waals surface area contributed by atoms with Crippen molar-refractivity contribution in [3.05, 3.63) is 23.0 Å². The lowest BCUT2D eigenvalue weighted by molar-refractivity contribution is 0.0594. The number of hydrogen-bond donors (Lipinski definition) is 1. The average Bonchev–Trinajstić information content (AvgIpc) is 2.45. The Morgan fingerprint density at radius 1 is 1.50 bits per heavy atom. The number of carbonyl (C=O) groups excluding carboxylic acids is 1. The van der Waals surface area contributed by atoms with Crippen LogP contribution in [0, 0.1) is 6.92 Å². The van der Waals surface area contributed by atoms with E-state index in [1.807, 2.05) is 0 Å². The number of methoxy groups -OCH3 is 1. The van der Waals surface area contributed by atoms with E-state index < -0.39 is 9.76 Å². The number of ether oxygens (including phenoxy) is 1. The SMILES string of the molecule is COC(=O)c1cc(C(Cl)(Cl)Cl)c(C)[nH]1. The minimum atomic E-state index is -1.53. The van der Waals surface area contributed by atoms with Gasteiger partial charge in [-0.15, -0.1) is 0 Å². The predicted molar refractivity (Wildman–Crippen MR) is 56.1 cm³/mol. The number of hydrogen-bond acceptors (Lipinski definition) is 2. The van der Waals surface area contributed by atoms with Crippen molar-refractivity contribution in [3.63, 3.8) is 0 Å². The summed E-state index contributed by atoms with van der Waals surface area (Å²) in [5, 5.41) is 0. The fourth-order valence-electron chi connectivity index (χ4n) is 1.07. The van der Waals surface area contributed by atoms with Crippen LogP contribution in [0.15, 0.2) is 6.07 Å². The van der Waals surface area contributed by atoms with Gasteiger partial charge in [-0.3, -0.25) is 0 Å². The fraction of sp³-hybridized carbons (Fsp3) is 0.375. The maximum atomic E-state index is 11.1. The van der Waals surface area contributed by atoms with Gasteiger partial charge < -0.3 is 9.72 Å². The molecule has 0 spiro atoms. The number of H-pyrrole nitrogens is 1. The van der Waals surface area contributed by atoms with Crippen molar-refractivity contribution in [3.8, 4) is 0 Å². The molecule has 1 rings (SSSR count). The number of aromatic amines is 1. The van der Waals surface area contributed by atoms with Crippen LogP contribution in [0.2, 0.25) is 0 Å². The zero-order valence-corrected chi connectivity index (χ0v) is 9.80. The highest BCUT2D eigenvalue weighted by Gasteiger charge is 2.28. The monoisotopic (exact) mass is 255 g/mol. The summed E-state index contributed by atoms with van der Waals surface area (Å²) in [6.07, 6.45) is 0. The van der Waals surface area contributed by atoms with Crippen LogP contribution >= 0.6 is 34.8 Å². The molecule has 1 N–H and O–H groups in total. The second-order valence-corrected chi connectivity index (χ2v) is 4.99. The predicted octanol–water partition coefficient (Wildman–Crippen LogP) is 2.94. The molecule has 14 heavy (non-hydrogen) atoms. The Hall–Kier alpha value is -0.380. The molecule has 0 saturated carbocycles. The second-order valence-electron chi connectivity index (χ2n) is 2.71. The van der Waals surface area contributed by atoms with Gasteiger partial charge in [-0.05, 0) is 13.0 Å². The van der Waals surface area contributed by atoms with Gasteiger partial charge in [-0.2, -0.15) is 0 Å². The van der Waals surface area contributed by atoms with E-state index in [9.17, 15) is 4.79 Å². The first kappa shape index (κ1) is 11.7. The van der Waals surface area contributed by atoms with E-state index in [1.54, 1.807) is 6.92 Å². The molecule has 1 aromatic rings. The summed E-state index contributed by atoms with van der Waals surface area (Å²) in [6.45, 7) is 1.71. The zero-order chi connectivity index (χ0) is 10.9. The Balaban J connectivity index is 3.12. The van der Waals surface area contributed by atoms with Gasteiger partial charge >= 0.3 is 5.97 Å². The standard InChI is InChI=1S/C8H8Cl3NO2/c1-4-5(8(9,10)11)3-6(12-4)7(13)14-2/h3,12H,1-2H3. The van der Waals surface area contributed by atoms with Gasteiger partial charge in [0.05, 0.1) is 7.11 Å². The van der Waals surface area contributed by atoms with Gasteiger partial charge in [0, 0.05) is 11.3 Å². The summed E-state index contributed by atoms with van der Waals surface area (Å²) < 4.78 is 2.98. The van der Waals surface area contributed by atoms with E-state index in [-0.39, 0.29) is 5.69 Å². The van der Waals surface area contributed by atoms with Crippen molar-refractivity contribution in [2.75, 3.05) is 7.11 Å². The van der Waals surface area contributed by atoms with Gasteiger partial charge in [0.1, 0.15) is 5.69 Å². The number of esters is 1. The first-order valence-corrected chi connectivity index (χ1v) is 4.84. The van der Waals surface area contributed by atoms with Crippen molar-refractivity contribution in [1.29, 1.82) is 0 Å². The van der Waals surface area contributed by atoms with E-state index in [0.29, 0.717) is 11.3 Å². The van der Waals surface area contributed by atoms with Gasteiger partial charge in [0.15, 0.2) is 0 Å². The van der Waals surface area contributed by atoms with E-state index in [1.165, 1.54) is 13.2 Å². The molecule has 0 fully saturated rings. The van der Waals surface area contributed by atoms with Crippen molar-refractivity contribution < 1.29 is 9.53 Å². The van der Waals surface area contributed by atoms with Crippen molar-refractivity contribution >= 4 is 40.8 Å². The van der Waals surface area contributed by atoms with Crippen LogP contribution in [0.1, 0.15) is 21.7 Å². The summed E-state index contributed by atoms with van der Waals surface area (Å²) in [5.41, 5.74) is 1.35. The minimum absolute atomic E-state index is 0.270. The van der Waals surface area contributed by atoms with E-state index in [0.717, 1.165) is 0 Å². The average molecular weight is 257 g/mol. The lowest BCUT2D eigenvalue weighted by Crippen LogP contribution is -2.01. The van der Waals surface area contributed by atoms with Crippen LogP contribution in [0.4, 0.5) is 0 Å². The van der Waals surface area contributed by atoms with Gasteiger partial charge in [0.2, 0.25) is 3.79 Å². The van der Waals surface area contributed by atoms with Gasteiger partial charge in [0.25, 0.3) is 0 Å². The summed E-state index contributed by atoms with van der Waals surface area (Å²) in [6, 6.07) is 1.47. The fourth-order valence-corrected chi connectivity index (χ4v) is 1.66. The van der Waals surface area contributed by atoms with Crippen LogP contribution in [0.5, 0.6) is 0 Å². The Bertz CT molecular complexity index is 354. The van der Waals surface area contributed by atoms with Crippen molar-refractivity contribution in [2.45, 2.75) is 10.7 Å². The van der Waals surface area contributed by atoms with Crippen molar-refractivity contribution in [1.82, 2.24) is 4.98 Å². The van der Waals surface area contributed by atoms with Crippen molar-refractivity contribution in [2.24, 2.45) is 0 Å². The lowest BCUT2D eigenvalue weighted by atomic mass is 10.3.